The maximum absolute atomic E-state index is 13.5. The highest BCUT2D eigenvalue weighted by molar-refractivity contribution is 7.92. The van der Waals surface area contributed by atoms with E-state index in [0.717, 1.165) is 0 Å². The van der Waals surface area contributed by atoms with Crippen LogP contribution in [0.4, 0.5) is 45.2 Å². The van der Waals surface area contributed by atoms with Crippen LogP contribution in [-0.4, -0.2) is 49.9 Å². The Morgan fingerprint density at radius 2 is 1.50 bits per heavy atom. The van der Waals surface area contributed by atoms with Crippen LogP contribution in [-0.2, 0) is 34.6 Å². The molecule has 1 saturated heterocycles. The lowest BCUT2D eigenvalue weighted by molar-refractivity contribution is -0.382. The first kappa shape index (κ1) is 29.5. The van der Waals surface area contributed by atoms with Crippen LogP contribution in [0.15, 0.2) is 24.3 Å². The molecule has 0 spiro atoms. The van der Waals surface area contributed by atoms with Crippen molar-refractivity contribution in [3.8, 4) is 0 Å². The van der Waals surface area contributed by atoms with Crippen LogP contribution in [0.2, 0.25) is 0 Å². The van der Waals surface area contributed by atoms with Crippen molar-refractivity contribution in [1.82, 2.24) is 0 Å². The SMILES string of the molecule is CCC1CC(C(=O)ONc2ccc(C(OC(=O)C(F)(F)F)(C(F)(F)F)C(F)(F)F)cc2)CCS1(=O)=O. The van der Waals surface area contributed by atoms with E-state index in [2.05, 4.69) is 4.74 Å². The van der Waals surface area contributed by atoms with Crippen LogP contribution in [0.1, 0.15) is 31.7 Å². The molecule has 204 valence electrons. The van der Waals surface area contributed by atoms with Crippen molar-refractivity contribution in [2.75, 3.05) is 11.2 Å². The van der Waals surface area contributed by atoms with Crippen molar-refractivity contribution in [2.24, 2.45) is 5.92 Å². The van der Waals surface area contributed by atoms with Crippen molar-refractivity contribution in [3.05, 3.63) is 29.8 Å². The molecule has 1 fully saturated rings. The highest BCUT2D eigenvalue weighted by atomic mass is 32.2. The van der Waals surface area contributed by atoms with Gasteiger partial charge in [-0.2, -0.15) is 39.5 Å². The molecule has 0 saturated carbocycles. The molecule has 2 unspecified atom stereocenters. The largest absolute Gasteiger partial charge is 0.490 e. The van der Waals surface area contributed by atoms with Gasteiger partial charge in [-0.15, -0.1) is 0 Å². The van der Waals surface area contributed by atoms with Crippen molar-refractivity contribution in [2.45, 2.75) is 55.6 Å². The Kier molecular flexibility index (Phi) is 8.17. The zero-order chi connectivity index (χ0) is 27.7. The molecule has 1 aromatic rings. The van der Waals surface area contributed by atoms with Gasteiger partial charge in [-0.3, -0.25) is 0 Å². The van der Waals surface area contributed by atoms with Crippen LogP contribution < -0.4 is 5.48 Å². The highest BCUT2D eigenvalue weighted by Gasteiger charge is 2.76. The molecule has 1 aliphatic rings. The minimum Gasteiger partial charge on any atom is -0.428 e. The topological polar surface area (TPSA) is 98.8 Å². The number of esters is 1. The molecule has 0 aliphatic carbocycles. The Hall–Kier alpha value is -2.72. The fourth-order valence-electron chi connectivity index (χ4n) is 3.51. The first-order valence-corrected chi connectivity index (χ1v) is 11.7. The second-order valence-electron chi connectivity index (χ2n) is 7.78. The van der Waals surface area contributed by atoms with E-state index < -0.39 is 62.6 Å². The summed E-state index contributed by atoms with van der Waals surface area (Å²) >= 11 is 0. The number of nitrogens with one attached hydrogen (secondary N) is 1. The predicted molar refractivity (Wildman–Crippen MR) is 103 cm³/mol. The molecule has 17 heteroatoms. The molecule has 1 aliphatic heterocycles. The van der Waals surface area contributed by atoms with Crippen LogP contribution in [0.5, 0.6) is 0 Å². The number of carbonyl (C=O) groups excluding carboxylic acids is 2. The number of carbonyl (C=O) groups is 2. The lowest BCUT2D eigenvalue weighted by atomic mass is 9.91. The summed E-state index contributed by atoms with van der Waals surface area (Å²) in [5.41, 5.74) is -5.97. The number of hydrogen-bond acceptors (Lipinski definition) is 7. The molecule has 2 rings (SSSR count). The molecule has 7 nitrogen and oxygen atoms in total. The Morgan fingerprint density at radius 1 is 0.972 bits per heavy atom. The standard InChI is InChI=1S/C19H18F9NO6S/c1-2-13-9-10(7-8-36(13,32)33)14(30)35-29-12-5-3-11(4-6-12)16(18(23,24)25,19(26,27)28)34-15(31)17(20,21)22/h3-6,10,13,29H,2,7-9H2,1H3. The highest BCUT2D eigenvalue weighted by Crippen LogP contribution is 2.53. The van der Waals surface area contributed by atoms with Gasteiger partial charge < -0.3 is 9.57 Å². The molecule has 36 heavy (non-hydrogen) atoms. The second kappa shape index (κ2) is 9.97. The molecule has 1 N–H and O–H groups in total. The van der Waals surface area contributed by atoms with Crippen molar-refractivity contribution >= 4 is 27.5 Å². The van der Waals surface area contributed by atoms with E-state index in [1.54, 1.807) is 6.92 Å². The van der Waals surface area contributed by atoms with Gasteiger partial charge in [-0.25, -0.2) is 23.5 Å². The first-order chi connectivity index (χ1) is 16.3. The smallest absolute Gasteiger partial charge is 0.428 e. The number of halogens is 9. The van der Waals surface area contributed by atoms with Gasteiger partial charge in [0, 0.05) is 5.56 Å². The molecule has 0 bridgehead atoms. The zero-order valence-corrected chi connectivity index (χ0v) is 18.9. The van der Waals surface area contributed by atoms with Gasteiger partial charge in [-0.1, -0.05) is 19.1 Å². The summed E-state index contributed by atoms with van der Waals surface area (Å²) < 4.78 is 145. The average Bonchev–Trinajstić information content (AvgIpc) is 2.73. The quantitative estimate of drug-likeness (QED) is 0.310. The van der Waals surface area contributed by atoms with Gasteiger partial charge in [0.05, 0.1) is 22.6 Å². The van der Waals surface area contributed by atoms with E-state index in [1.807, 2.05) is 5.48 Å². The Morgan fingerprint density at radius 3 is 1.94 bits per heavy atom. The van der Waals surface area contributed by atoms with Crippen molar-refractivity contribution in [1.29, 1.82) is 0 Å². The van der Waals surface area contributed by atoms with Gasteiger partial charge in [-0.05, 0) is 31.4 Å². The first-order valence-electron chi connectivity index (χ1n) is 9.98. The Bertz CT molecular complexity index is 1050. The molecule has 1 aromatic carbocycles. The lowest BCUT2D eigenvalue weighted by Crippen LogP contribution is -2.58. The number of rotatable bonds is 6. The fourth-order valence-corrected chi connectivity index (χ4v) is 5.49. The number of alkyl halides is 9. The molecule has 0 radical (unpaired) electrons. The number of sulfone groups is 1. The maximum atomic E-state index is 13.5. The Labute approximate surface area is 197 Å². The van der Waals surface area contributed by atoms with Crippen LogP contribution >= 0.6 is 0 Å². The molecule has 1 heterocycles. The van der Waals surface area contributed by atoms with Crippen molar-refractivity contribution in [3.63, 3.8) is 0 Å². The van der Waals surface area contributed by atoms with E-state index in [-0.39, 0.29) is 42.8 Å². The van der Waals surface area contributed by atoms with E-state index in [4.69, 9.17) is 4.84 Å². The minimum atomic E-state index is -6.55. The van der Waals surface area contributed by atoms with Gasteiger partial charge in [0.25, 0.3) is 0 Å². The fraction of sp³-hybridized carbons (Fsp3) is 0.579. The monoisotopic (exact) mass is 559 g/mol. The third-order valence-corrected chi connectivity index (χ3v) is 7.78. The molecule has 0 amide bonds. The third kappa shape index (κ3) is 5.98. The van der Waals surface area contributed by atoms with Gasteiger partial charge >= 0.3 is 36.1 Å². The number of ether oxygens (including phenoxy) is 1. The van der Waals surface area contributed by atoms with Gasteiger partial charge in [0.15, 0.2) is 9.84 Å². The van der Waals surface area contributed by atoms with Crippen LogP contribution in [0.3, 0.4) is 0 Å². The summed E-state index contributed by atoms with van der Waals surface area (Å²) in [4.78, 5) is 27.9. The predicted octanol–water partition coefficient (Wildman–Crippen LogP) is 4.59. The van der Waals surface area contributed by atoms with Crippen LogP contribution in [0.25, 0.3) is 0 Å². The molecular weight excluding hydrogens is 541 g/mol. The summed E-state index contributed by atoms with van der Waals surface area (Å²) in [5.74, 6) is -5.79. The van der Waals surface area contributed by atoms with E-state index >= 15 is 0 Å². The molecule has 2 atom stereocenters. The molecular formula is C19H18F9NO6S. The van der Waals surface area contributed by atoms with Crippen molar-refractivity contribution < 1.29 is 67.1 Å². The number of hydrogen-bond donors (Lipinski definition) is 1. The summed E-state index contributed by atoms with van der Waals surface area (Å²) in [6.45, 7) is 1.60. The summed E-state index contributed by atoms with van der Waals surface area (Å²) in [7, 11) is -3.39. The van der Waals surface area contributed by atoms with E-state index in [1.165, 1.54) is 0 Å². The van der Waals surface area contributed by atoms with E-state index in [9.17, 15) is 57.5 Å². The summed E-state index contributed by atoms with van der Waals surface area (Å²) in [6, 6.07) is 1.19. The van der Waals surface area contributed by atoms with Crippen LogP contribution in [0, 0.1) is 5.92 Å². The summed E-state index contributed by atoms with van der Waals surface area (Å²) in [5, 5.41) is -0.791. The maximum Gasteiger partial charge on any atom is 0.490 e. The third-order valence-electron chi connectivity index (χ3n) is 5.43. The van der Waals surface area contributed by atoms with E-state index in [0.29, 0.717) is 12.1 Å². The average molecular weight is 559 g/mol. The molecule has 0 aromatic heterocycles. The number of benzene rings is 1. The Balaban J connectivity index is 2.26. The lowest BCUT2D eigenvalue weighted by Gasteiger charge is -2.36. The second-order valence-corrected chi connectivity index (χ2v) is 10.2. The minimum absolute atomic E-state index is 0.0530. The van der Waals surface area contributed by atoms with Gasteiger partial charge in [0.2, 0.25) is 0 Å². The normalized spacial score (nSPS) is 20.9. The summed E-state index contributed by atoms with van der Waals surface area (Å²) in [6.07, 6.45) is -19.1. The van der Waals surface area contributed by atoms with Gasteiger partial charge in [0.1, 0.15) is 0 Å². The number of anilines is 1. The zero-order valence-electron chi connectivity index (χ0n) is 18.1.